The monoisotopic (exact) mass is 298 g/mol. The van der Waals surface area contributed by atoms with Crippen molar-refractivity contribution in [2.75, 3.05) is 5.73 Å². The molecule has 1 aliphatic heterocycles. The molecule has 0 amide bonds. The fraction of sp³-hybridized carbons (Fsp3) is 0.357. The smallest absolute Gasteiger partial charge is 0.287 e. The van der Waals surface area contributed by atoms with Gasteiger partial charge >= 0.3 is 0 Å². The Bertz CT molecular complexity index is 842. The molecule has 0 spiro atoms. The third-order valence-corrected chi connectivity index (χ3v) is 3.76. The van der Waals surface area contributed by atoms with Gasteiger partial charge in [0.15, 0.2) is 0 Å². The molecule has 0 radical (unpaired) electrons. The van der Waals surface area contributed by atoms with Gasteiger partial charge in [-0.05, 0) is 12.8 Å². The summed E-state index contributed by atoms with van der Waals surface area (Å²) < 4.78 is 2.41. The zero-order valence-electron chi connectivity index (χ0n) is 11.8. The summed E-state index contributed by atoms with van der Waals surface area (Å²) in [6, 6.07) is 1.84. The first-order valence-corrected chi connectivity index (χ1v) is 7.00. The Hall–Kier alpha value is -2.95. The van der Waals surface area contributed by atoms with E-state index in [4.69, 9.17) is 11.0 Å². The number of aryl methyl sites for hydroxylation is 1. The van der Waals surface area contributed by atoms with Crippen molar-refractivity contribution in [3.05, 3.63) is 39.7 Å². The fourth-order valence-electron chi connectivity index (χ4n) is 2.55. The van der Waals surface area contributed by atoms with E-state index in [1.807, 2.05) is 6.07 Å². The van der Waals surface area contributed by atoms with Gasteiger partial charge in [-0.3, -0.25) is 14.2 Å². The number of nitrogen functional groups attached to an aromatic ring is 1. The summed E-state index contributed by atoms with van der Waals surface area (Å²) in [6.07, 6.45) is 6.10. The van der Waals surface area contributed by atoms with Crippen LogP contribution in [0.3, 0.4) is 0 Å². The van der Waals surface area contributed by atoms with Gasteiger partial charge in [0.25, 0.3) is 11.5 Å². The van der Waals surface area contributed by atoms with Gasteiger partial charge in [0.1, 0.15) is 28.8 Å². The van der Waals surface area contributed by atoms with Gasteiger partial charge in [-0.2, -0.15) is 15.0 Å². The van der Waals surface area contributed by atoms with E-state index in [1.54, 1.807) is 4.57 Å². The second kappa shape index (κ2) is 5.44. The van der Waals surface area contributed by atoms with E-state index in [9.17, 15) is 9.59 Å². The summed E-state index contributed by atoms with van der Waals surface area (Å²) in [5.41, 5.74) is 5.31. The van der Waals surface area contributed by atoms with Gasteiger partial charge < -0.3 is 5.73 Å². The van der Waals surface area contributed by atoms with Gasteiger partial charge in [0.2, 0.25) is 0 Å². The summed E-state index contributed by atoms with van der Waals surface area (Å²) in [5, 5.41) is 12.6. The Morgan fingerprint density at radius 1 is 1.32 bits per heavy atom. The van der Waals surface area contributed by atoms with Crippen molar-refractivity contribution in [2.45, 2.75) is 32.2 Å². The van der Waals surface area contributed by atoms with Crippen LogP contribution in [0.1, 0.15) is 41.0 Å². The first kappa shape index (κ1) is 14.0. The first-order chi connectivity index (χ1) is 10.6. The van der Waals surface area contributed by atoms with Crippen molar-refractivity contribution in [1.29, 1.82) is 5.26 Å². The van der Waals surface area contributed by atoms with Crippen molar-refractivity contribution in [3.8, 4) is 6.07 Å². The van der Waals surface area contributed by atoms with E-state index in [1.165, 1.54) is 12.4 Å². The number of carbonyl (C=O) groups excluding carboxylic acids is 1. The lowest BCUT2D eigenvalue weighted by Crippen LogP contribution is -2.32. The lowest BCUT2D eigenvalue weighted by molar-refractivity contribution is 0.0945. The summed E-state index contributed by atoms with van der Waals surface area (Å²) in [7, 11) is 0. The normalized spacial score (nSPS) is 14.0. The van der Waals surface area contributed by atoms with Crippen LogP contribution in [0.2, 0.25) is 0 Å². The summed E-state index contributed by atoms with van der Waals surface area (Å²) in [5.74, 6) is -0.0481. The zero-order chi connectivity index (χ0) is 15.7. The third kappa shape index (κ3) is 2.16. The molecule has 0 fully saturated rings. The summed E-state index contributed by atoms with van der Waals surface area (Å²) >= 11 is 0. The van der Waals surface area contributed by atoms with Crippen LogP contribution in [0.4, 0.5) is 5.82 Å². The maximum absolute atomic E-state index is 12.5. The third-order valence-electron chi connectivity index (χ3n) is 3.76. The van der Waals surface area contributed by atoms with E-state index in [2.05, 4.69) is 10.1 Å². The maximum atomic E-state index is 12.5. The molecule has 2 aromatic rings. The minimum absolute atomic E-state index is 0.0770. The average molecular weight is 298 g/mol. The summed E-state index contributed by atoms with van der Waals surface area (Å²) in [4.78, 5) is 29.2. The highest BCUT2D eigenvalue weighted by atomic mass is 16.2. The quantitative estimate of drug-likeness (QED) is 0.809. The summed E-state index contributed by atoms with van der Waals surface area (Å²) in [6.45, 7) is 0.556. The van der Waals surface area contributed by atoms with E-state index >= 15 is 0 Å². The molecule has 0 aliphatic carbocycles. The van der Waals surface area contributed by atoms with Gasteiger partial charge in [-0.1, -0.05) is 6.42 Å². The van der Waals surface area contributed by atoms with Crippen molar-refractivity contribution >= 4 is 11.7 Å². The van der Waals surface area contributed by atoms with E-state index in [0.717, 1.165) is 30.4 Å². The molecular formula is C14H14N6O2. The molecule has 8 heteroatoms. The highest BCUT2D eigenvalue weighted by Crippen LogP contribution is 2.13. The molecular weight excluding hydrogens is 284 g/mol. The lowest BCUT2D eigenvalue weighted by atomic mass is 10.2. The number of nitriles is 1. The maximum Gasteiger partial charge on any atom is 0.287 e. The molecule has 1 aliphatic rings. The van der Waals surface area contributed by atoms with Crippen LogP contribution in [0.25, 0.3) is 0 Å². The molecule has 8 nitrogen and oxygen atoms in total. The molecule has 0 atom stereocenters. The Morgan fingerprint density at radius 3 is 2.86 bits per heavy atom. The highest BCUT2D eigenvalue weighted by Gasteiger charge is 2.22. The topological polar surface area (TPSA) is 120 Å². The van der Waals surface area contributed by atoms with Crippen molar-refractivity contribution in [2.24, 2.45) is 0 Å². The van der Waals surface area contributed by atoms with Gasteiger partial charge in [-0.15, -0.1) is 0 Å². The molecule has 2 aromatic heterocycles. The Balaban J connectivity index is 2.07. The van der Waals surface area contributed by atoms with Crippen molar-refractivity contribution < 1.29 is 4.79 Å². The second-order valence-electron chi connectivity index (χ2n) is 5.13. The number of nitrogens with zero attached hydrogens (tertiary/aromatic N) is 5. The molecule has 0 bridgehead atoms. The van der Waals surface area contributed by atoms with E-state index < -0.39 is 5.91 Å². The van der Waals surface area contributed by atoms with E-state index in [-0.39, 0.29) is 22.5 Å². The average Bonchev–Trinajstić information content (AvgIpc) is 2.73. The molecule has 0 saturated heterocycles. The molecule has 0 unspecified atom stereocenters. The number of aromatic nitrogens is 4. The second-order valence-corrected chi connectivity index (χ2v) is 5.13. The first-order valence-electron chi connectivity index (χ1n) is 7.00. The van der Waals surface area contributed by atoms with Gasteiger partial charge in [0, 0.05) is 19.2 Å². The predicted octanol–water partition coefficient (Wildman–Crippen LogP) is 0.309. The number of nitrogens with two attached hydrogens (primary N) is 1. The number of hydrogen-bond donors (Lipinski definition) is 1. The number of anilines is 1. The zero-order valence-corrected chi connectivity index (χ0v) is 11.8. The molecule has 112 valence electrons. The van der Waals surface area contributed by atoms with Crippen LogP contribution in [-0.4, -0.2) is 25.2 Å². The Labute approximate surface area is 125 Å². The Kier molecular flexibility index (Phi) is 3.47. The SMILES string of the molecule is N#Cc1cnn(C(=O)c2cnc3n(c2=O)CCCCC3)c1N. The molecule has 2 N–H and O–H groups in total. The van der Waals surface area contributed by atoms with Crippen LogP contribution in [0, 0.1) is 11.3 Å². The number of rotatable bonds is 1. The number of fused-ring (bicyclic) bond motifs is 1. The standard InChI is InChI=1S/C14H14N6O2/c15-6-9-7-18-20(12(9)16)14(22)10-8-17-11-4-2-1-3-5-19(11)13(10)21/h7-8H,1-5,16H2. The van der Waals surface area contributed by atoms with Gasteiger partial charge in [0.05, 0.1) is 6.20 Å². The van der Waals surface area contributed by atoms with Gasteiger partial charge in [-0.25, -0.2) is 4.98 Å². The van der Waals surface area contributed by atoms with Crippen LogP contribution in [0.5, 0.6) is 0 Å². The Morgan fingerprint density at radius 2 is 2.14 bits per heavy atom. The fourth-order valence-corrected chi connectivity index (χ4v) is 2.55. The minimum atomic E-state index is -0.670. The van der Waals surface area contributed by atoms with Crippen LogP contribution < -0.4 is 11.3 Å². The lowest BCUT2D eigenvalue weighted by Gasteiger charge is -2.10. The molecule has 3 rings (SSSR count). The van der Waals surface area contributed by atoms with E-state index in [0.29, 0.717) is 12.4 Å². The van der Waals surface area contributed by atoms with Crippen LogP contribution in [0.15, 0.2) is 17.2 Å². The molecule has 0 saturated carbocycles. The van der Waals surface area contributed by atoms with Crippen molar-refractivity contribution in [1.82, 2.24) is 19.3 Å². The molecule has 0 aromatic carbocycles. The predicted molar refractivity (Wildman–Crippen MR) is 77.1 cm³/mol. The van der Waals surface area contributed by atoms with Crippen molar-refractivity contribution in [3.63, 3.8) is 0 Å². The minimum Gasteiger partial charge on any atom is -0.382 e. The largest absolute Gasteiger partial charge is 0.382 e. The molecule has 22 heavy (non-hydrogen) atoms. The van der Waals surface area contributed by atoms with Crippen LogP contribution >= 0.6 is 0 Å². The number of hydrogen-bond acceptors (Lipinski definition) is 6. The highest BCUT2D eigenvalue weighted by molar-refractivity contribution is 5.96. The van der Waals surface area contributed by atoms with Crippen LogP contribution in [-0.2, 0) is 13.0 Å². The number of carbonyl (C=O) groups is 1. The molecule has 3 heterocycles.